The zero-order valence-corrected chi connectivity index (χ0v) is 12.2. The smallest absolute Gasteiger partial charge is 0.125 e. The maximum Gasteiger partial charge on any atom is 0.125 e. The van der Waals surface area contributed by atoms with E-state index in [1.807, 2.05) is 6.20 Å². The molecular weight excluding hydrogens is 271 g/mol. The van der Waals surface area contributed by atoms with Gasteiger partial charge in [0.1, 0.15) is 5.82 Å². The molecule has 4 heteroatoms. The first-order chi connectivity index (χ1) is 9.65. The van der Waals surface area contributed by atoms with E-state index in [0.717, 1.165) is 34.0 Å². The summed E-state index contributed by atoms with van der Waals surface area (Å²) in [6, 6.07) is 4.75. The van der Waals surface area contributed by atoms with Crippen LogP contribution in [0, 0.1) is 5.82 Å². The molecule has 2 rings (SSSR count). The Labute approximate surface area is 123 Å². The van der Waals surface area contributed by atoms with Crippen molar-refractivity contribution in [3.05, 3.63) is 53.5 Å². The molecule has 104 valence electrons. The SMILES string of the molecule is C=C(CC)/C(=C/c1c[nH]c2cc(F)ccc12)CNC=S. The summed E-state index contributed by atoms with van der Waals surface area (Å²) in [5, 5.41) is 4.02. The number of fused-ring (bicyclic) bond motifs is 1. The maximum absolute atomic E-state index is 13.2. The fourth-order valence-corrected chi connectivity index (χ4v) is 2.17. The normalized spacial score (nSPS) is 11.6. The van der Waals surface area contributed by atoms with Crippen molar-refractivity contribution in [1.82, 2.24) is 10.3 Å². The Hall–Kier alpha value is -1.94. The van der Waals surface area contributed by atoms with Crippen LogP contribution in [0.1, 0.15) is 18.9 Å². The minimum Gasteiger partial charge on any atom is -0.378 e. The van der Waals surface area contributed by atoms with E-state index in [9.17, 15) is 4.39 Å². The number of hydrogen-bond acceptors (Lipinski definition) is 1. The van der Waals surface area contributed by atoms with Gasteiger partial charge >= 0.3 is 0 Å². The molecule has 0 aliphatic rings. The van der Waals surface area contributed by atoms with Gasteiger partial charge < -0.3 is 10.3 Å². The van der Waals surface area contributed by atoms with Gasteiger partial charge in [-0.15, -0.1) is 0 Å². The number of benzene rings is 1. The van der Waals surface area contributed by atoms with E-state index < -0.39 is 0 Å². The topological polar surface area (TPSA) is 27.8 Å². The Morgan fingerprint density at radius 3 is 3.00 bits per heavy atom. The van der Waals surface area contributed by atoms with E-state index in [0.29, 0.717) is 6.54 Å². The molecule has 0 unspecified atom stereocenters. The molecule has 1 heterocycles. The van der Waals surface area contributed by atoms with Crippen LogP contribution in [-0.4, -0.2) is 17.0 Å². The molecule has 0 saturated heterocycles. The molecule has 1 aromatic heterocycles. The molecule has 1 aromatic carbocycles. The van der Waals surface area contributed by atoms with Crippen LogP contribution in [0.15, 0.2) is 42.1 Å². The number of hydrogen-bond donors (Lipinski definition) is 2. The van der Waals surface area contributed by atoms with Crippen molar-refractivity contribution < 1.29 is 4.39 Å². The van der Waals surface area contributed by atoms with Crippen LogP contribution in [-0.2, 0) is 0 Å². The van der Waals surface area contributed by atoms with Crippen LogP contribution in [0.5, 0.6) is 0 Å². The highest BCUT2D eigenvalue weighted by molar-refractivity contribution is 7.78. The molecule has 0 aliphatic carbocycles. The Kier molecular flexibility index (Phi) is 4.69. The lowest BCUT2D eigenvalue weighted by Gasteiger charge is -2.09. The molecule has 20 heavy (non-hydrogen) atoms. The van der Waals surface area contributed by atoms with Crippen molar-refractivity contribution in [2.75, 3.05) is 6.54 Å². The average molecular weight is 288 g/mol. The molecule has 0 atom stereocenters. The number of rotatable bonds is 6. The van der Waals surface area contributed by atoms with Gasteiger partial charge in [-0.25, -0.2) is 4.39 Å². The van der Waals surface area contributed by atoms with E-state index in [2.05, 4.69) is 29.9 Å². The predicted octanol–water partition coefficient (Wildman–Crippen LogP) is 4.20. The summed E-state index contributed by atoms with van der Waals surface area (Å²) in [4.78, 5) is 3.08. The van der Waals surface area contributed by atoms with E-state index in [1.165, 1.54) is 17.6 Å². The van der Waals surface area contributed by atoms with E-state index in [4.69, 9.17) is 12.2 Å². The molecule has 0 saturated carbocycles. The fraction of sp³-hybridized carbons (Fsp3) is 0.188. The zero-order valence-electron chi connectivity index (χ0n) is 11.4. The molecule has 2 aromatic rings. The van der Waals surface area contributed by atoms with Crippen LogP contribution in [0.3, 0.4) is 0 Å². The Morgan fingerprint density at radius 1 is 1.50 bits per heavy atom. The summed E-state index contributed by atoms with van der Waals surface area (Å²) in [7, 11) is 0. The van der Waals surface area contributed by atoms with Gasteiger partial charge in [-0.2, -0.15) is 0 Å². The highest BCUT2D eigenvalue weighted by Crippen LogP contribution is 2.23. The van der Waals surface area contributed by atoms with E-state index >= 15 is 0 Å². The van der Waals surface area contributed by atoms with Crippen LogP contribution in [0.2, 0.25) is 0 Å². The van der Waals surface area contributed by atoms with Gasteiger partial charge in [0.2, 0.25) is 0 Å². The summed E-state index contributed by atoms with van der Waals surface area (Å²) < 4.78 is 13.2. The third-order valence-electron chi connectivity index (χ3n) is 3.26. The van der Waals surface area contributed by atoms with E-state index in [-0.39, 0.29) is 5.82 Å². The molecule has 2 nitrogen and oxygen atoms in total. The molecular formula is C16H17FN2S. The fourth-order valence-electron chi connectivity index (χ4n) is 2.08. The van der Waals surface area contributed by atoms with Crippen LogP contribution < -0.4 is 5.32 Å². The van der Waals surface area contributed by atoms with Crippen molar-refractivity contribution in [3.63, 3.8) is 0 Å². The average Bonchev–Trinajstić information content (AvgIpc) is 2.84. The summed E-state index contributed by atoms with van der Waals surface area (Å²) >= 11 is 4.79. The van der Waals surface area contributed by atoms with Crippen molar-refractivity contribution in [2.45, 2.75) is 13.3 Å². The molecule has 0 radical (unpaired) electrons. The van der Waals surface area contributed by atoms with Crippen LogP contribution in [0.25, 0.3) is 17.0 Å². The van der Waals surface area contributed by atoms with Gasteiger partial charge in [0.15, 0.2) is 0 Å². The lowest BCUT2D eigenvalue weighted by Crippen LogP contribution is -2.14. The summed E-state index contributed by atoms with van der Waals surface area (Å²) in [5.41, 5.74) is 5.47. The Balaban J connectivity index is 2.41. The van der Waals surface area contributed by atoms with Crippen LogP contribution >= 0.6 is 12.2 Å². The third kappa shape index (κ3) is 3.14. The lowest BCUT2D eigenvalue weighted by molar-refractivity contribution is 0.629. The largest absolute Gasteiger partial charge is 0.378 e. The Bertz CT molecular complexity index is 670. The lowest BCUT2D eigenvalue weighted by atomic mass is 10.0. The van der Waals surface area contributed by atoms with Gasteiger partial charge in [0.25, 0.3) is 0 Å². The minimum atomic E-state index is -0.240. The van der Waals surface area contributed by atoms with Crippen LogP contribution in [0.4, 0.5) is 4.39 Å². The van der Waals surface area contributed by atoms with Gasteiger partial charge in [-0.3, -0.25) is 0 Å². The maximum atomic E-state index is 13.2. The molecule has 0 bridgehead atoms. The number of halogens is 1. The summed E-state index contributed by atoms with van der Waals surface area (Å²) in [5.74, 6) is -0.240. The van der Waals surface area contributed by atoms with Gasteiger partial charge in [0.05, 0.1) is 5.49 Å². The number of aromatic nitrogens is 1. The number of nitrogens with one attached hydrogen (secondary N) is 2. The molecule has 0 amide bonds. The zero-order chi connectivity index (χ0) is 14.5. The highest BCUT2D eigenvalue weighted by Gasteiger charge is 2.06. The number of thiocarbonyl (C=S) groups is 1. The first-order valence-electron chi connectivity index (χ1n) is 6.48. The minimum absolute atomic E-state index is 0.240. The van der Waals surface area contributed by atoms with Crippen molar-refractivity contribution in [1.29, 1.82) is 0 Å². The third-order valence-corrected chi connectivity index (χ3v) is 3.43. The van der Waals surface area contributed by atoms with Crippen molar-refractivity contribution in [3.8, 4) is 0 Å². The summed E-state index contributed by atoms with van der Waals surface area (Å²) in [6.45, 7) is 6.79. The number of aromatic amines is 1. The van der Waals surface area contributed by atoms with Gasteiger partial charge in [0, 0.05) is 29.2 Å². The molecule has 0 fully saturated rings. The predicted molar refractivity (Wildman–Crippen MR) is 87.3 cm³/mol. The van der Waals surface area contributed by atoms with Gasteiger partial charge in [-0.05, 0) is 36.3 Å². The van der Waals surface area contributed by atoms with Gasteiger partial charge in [-0.1, -0.05) is 31.3 Å². The van der Waals surface area contributed by atoms with Crippen molar-refractivity contribution >= 4 is 34.7 Å². The van der Waals surface area contributed by atoms with E-state index in [1.54, 1.807) is 6.07 Å². The standard InChI is InChI=1S/C16H17FN2S/c1-3-11(2)12(8-18-10-20)6-13-9-19-16-7-14(17)4-5-15(13)16/h4-7,9-10,19H,2-3,8H2,1H3,(H,18,20)/b12-6+. The Morgan fingerprint density at radius 2 is 2.30 bits per heavy atom. The highest BCUT2D eigenvalue weighted by atomic mass is 32.1. The molecule has 0 aliphatic heterocycles. The molecule has 2 N–H and O–H groups in total. The number of H-pyrrole nitrogens is 1. The quantitative estimate of drug-likeness (QED) is 0.616. The first-order valence-corrected chi connectivity index (χ1v) is 6.95. The second-order valence-corrected chi connectivity index (χ2v) is 4.80. The first kappa shape index (κ1) is 14.5. The second-order valence-electron chi connectivity index (χ2n) is 4.56. The monoisotopic (exact) mass is 288 g/mol. The molecule has 0 spiro atoms. The summed E-state index contributed by atoms with van der Waals surface area (Å²) in [6.07, 6.45) is 4.82. The van der Waals surface area contributed by atoms with Crippen molar-refractivity contribution in [2.24, 2.45) is 0 Å². The second kappa shape index (κ2) is 6.48.